The third-order valence-electron chi connectivity index (χ3n) is 2.51. The van der Waals surface area contributed by atoms with Gasteiger partial charge in [-0.15, -0.1) is 4.63 Å². The maximum atomic E-state index is 11.7. The highest BCUT2D eigenvalue weighted by atomic mass is 16.2. The highest BCUT2D eigenvalue weighted by Crippen LogP contribution is 2.11. The van der Waals surface area contributed by atoms with Gasteiger partial charge in [-0.25, -0.2) is 9.48 Å². The van der Waals surface area contributed by atoms with E-state index in [1.165, 1.54) is 0 Å². The molecule has 0 saturated heterocycles. The van der Waals surface area contributed by atoms with Gasteiger partial charge in [-0.1, -0.05) is 13.8 Å². The highest BCUT2D eigenvalue weighted by molar-refractivity contribution is 5.35. The first-order chi connectivity index (χ1) is 7.50. The van der Waals surface area contributed by atoms with Gasteiger partial charge < -0.3 is 0 Å². The second-order valence-corrected chi connectivity index (χ2v) is 4.49. The summed E-state index contributed by atoms with van der Waals surface area (Å²) in [7, 11) is 0. The molecule has 0 aliphatic heterocycles. The molecule has 0 aliphatic carbocycles. The van der Waals surface area contributed by atoms with E-state index in [9.17, 15) is 4.79 Å². The van der Waals surface area contributed by atoms with Gasteiger partial charge >= 0.3 is 5.69 Å². The van der Waals surface area contributed by atoms with Gasteiger partial charge in [-0.3, -0.25) is 0 Å². The van der Waals surface area contributed by atoms with Crippen LogP contribution >= 0.6 is 0 Å². The third kappa shape index (κ3) is 1.62. The summed E-state index contributed by atoms with van der Waals surface area (Å²) in [5.41, 5.74) is 1.31. The first-order valence-corrected chi connectivity index (χ1v) is 5.49. The molecule has 2 heterocycles. The fourth-order valence-corrected chi connectivity index (χ4v) is 1.64. The average molecular weight is 220 g/mol. The van der Waals surface area contributed by atoms with Crippen LogP contribution in [0.25, 0.3) is 5.65 Å². The SMILES string of the molecule is CC(C)c1ccc2nc(=O)n(C(C)C)n2n1. The summed E-state index contributed by atoms with van der Waals surface area (Å²) in [6.07, 6.45) is 0. The van der Waals surface area contributed by atoms with Crippen molar-refractivity contribution >= 4 is 5.65 Å². The maximum Gasteiger partial charge on any atom is 0.366 e. The molecule has 0 amide bonds. The van der Waals surface area contributed by atoms with E-state index >= 15 is 0 Å². The fourth-order valence-electron chi connectivity index (χ4n) is 1.64. The molecule has 0 spiro atoms. The number of aromatic nitrogens is 4. The largest absolute Gasteiger partial charge is 0.366 e. The van der Waals surface area contributed by atoms with E-state index in [0.29, 0.717) is 11.6 Å². The zero-order valence-corrected chi connectivity index (χ0v) is 10.0. The molecule has 5 nitrogen and oxygen atoms in total. The van der Waals surface area contributed by atoms with E-state index in [1.54, 1.807) is 9.31 Å². The fraction of sp³-hybridized carbons (Fsp3) is 0.545. The third-order valence-corrected chi connectivity index (χ3v) is 2.51. The van der Waals surface area contributed by atoms with Crippen molar-refractivity contribution < 1.29 is 0 Å². The minimum absolute atomic E-state index is 0.0532. The summed E-state index contributed by atoms with van der Waals surface area (Å²) in [5, 5.41) is 4.43. The Morgan fingerprint density at radius 2 is 1.88 bits per heavy atom. The van der Waals surface area contributed by atoms with Crippen molar-refractivity contribution in [1.29, 1.82) is 0 Å². The Morgan fingerprint density at radius 3 is 2.44 bits per heavy atom. The zero-order valence-electron chi connectivity index (χ0n) is 10.0. The van der Waals surface area contributed by atoms with Crippen molar-refractivity contribution in [2.75, 3.05) is 0 Å². The molecule has 0 bridgehead atoms. The van der Waals surface area contributed by atoms with Gasteiger partial charge in [0.1, 0.15) is 0 Å². The van der Waals surface area contributed by atoms with Gasteiger partial charge in [-0.2, -0.15) is 10.1 Å². The predicted molar refractivity (Wildman–Crippen MR) is 61.7 cm³/mol. The van der Waals surface area contributed by atoms with Gasteiger partial charge in [0.05, 0.1) is 11.7 Å². The standard InChI is InChI=1S/C11H16N4O/c1-7(2)9-5-6-10-12-11(16)14(8(3)4)15(10)13-9/h5-8H,1-4H3. The van der Waals surface area contributed by atoms with Crippen LogP contribution in [0.4, 0.5) is 0 Å². The lowest BCUT2D eigenvalue weighted by Gasteiger charge is -2.09. The molecule has 2 aromatic rings. The van der Waals surface area contributed by atoms with Crippen LogP contribution in [-0.2, 0) is 0 Å². The molecule has 0 aromatic carbocycles. The minimum Gasteiger partial charge on any atom is -0.244 e. The van der Waals surface area contributed by atoms with Crippen molar-refractivity contribution in [2.24, 2.45) is 0 Å². The van der Waals surface area contributed by atoms with Gasteiger partial charge in [0.25, 0.3) is 0 Å². The number of hydrogen-bond acceptors (Lipinski definition) is 3. The molecular weight excluding hydrogens is 204 g/mol. The lowest BCUT2D eigenvalue weighted by atomic mass is 10.1. The summed E-state index contributed by atoms with van der Waals surface area (Å²) in [4.78, 5) is 15.6. The zero-order chi connectivity index (χ0) is 11.9. The Balaban J connectivity index is 2.75. The van der Waals surface area contributed by atoms with E-state index < -0.39 is 0 Å². The van der Waals surface area contributed by atoms with Crippen LogP contribution in [0, 0.1) is 0 Å². The van der Waals surface area contributed by atoms with E-state index in [-0.39, 0.29) is 11.7 Å². The molecule has 0 fully saturated rings. The Bertz CT molecular complexity index is 565. The first-order valence-electron chi connectivity index (χ1n) is 5.49. The summed E-state index contributed by atoms with van der Waals surface area (Å²) < 4.78 is 3.16. The van der Waals surface area contributed by atoms with Crippen LogP contribution in [0.3, 0.4) is 0 Å². The second-order valence-electron chi connectivity index (χ2n) is 4.49. The molecule has 5 heteroatoms. The first kappa shape index (κ1) is 10.9. The Morgan fingerprint density at radius 1 is 1.19 bits per heavy atom. The summed E-state index contributed by atoms with van der Waals surface area (Å²) in [6, 6.07) is 3.80. The number of rotatable bonds is 2. The van der Waals surface area contributed by atoms with Gasteiger partial charge in [0.15, 0.2) is 5.65 Å². The number of hydrogen-bond donors (Lipinski definition) is 0. The molecule has 0 aliphatic rings. The van der Waals surface area contributed by atoms with E-state index in [2.05, 4.69) is 23.9 Å². The summed E-state index contributed by atoms with van der Waals surface area (Å²) in [5.74, 6) is 0.336. The lowest BCUT2D eigenvalue weighted by molar-refractivity contribution is 0.450. The van der Waals surface area contributed by atoms with Crippen LogP contribution in [0.1, 0.15) is 45.3 Å². The molecule has 0 radical (unpaired) electrons. The monoisotopic (exact) mass is 220 g/mol. The molecule has 0 saturated carbocycles. The van der Waals surface area contributed by atoms with Crippen LogP contribution in [0.15, 0.2) is 16.9 Å². The number of fused-ring (bicyclic) bond motifs is 1. The highest BCUT2D eigenvalue weighted by Gasteiger charge is 2.11. The second kappa shape index (κ2) is 3.73. The van der Waals surface area contributed by atoms with Crippen molar-refractivity contribution in [1.82, 2.24) is 19.4 Å². The summed E-state index contributed by atoms with van der Waals surface area (Å²) >= 11 is 0. The van der Waals surface area contributed by atoms with Crippen molar-refractivity contribution in [3.8, 4) is 0 Å². The molecule has 0 N–H and O–H groups in total. The number of nitrogens with zero attached hydrogens (tertiary/aromatic N) is 4. The van der Waals surface area contributed by atoms with E-state index in [0.717, 1.165) is 5.69 Å². The van der Waals surface area contributed by atoms with Crippen molar-refractivity contribution in [3.05, 3.63) is 28.3 Å². The predicted octanol–water partition coefficient (Wildman–Crippen LogP) is 1.60. The van der Waals surface area contributed by atoms with Crippen LogP contribution in [0.2, 0.25) is 0 Å². The normalized spacial score (nSPS) is 11.9. The van der Waals surface area contributed by atoms with E-state index in [1.807, 2.05) is 26.0 Å². The molecular formula is C11H16N4O. The molecule has 2 rings (SSSR count). The summed E-state index contributed by atoms with van der Waals surface area (Å²) in [6.45, 7) is 8.03. The minimum atomic E-state index is -0.247. The topological polar surface area (TPSA) is 52.2 Å². The van der Waals surface area contributed by atoms with E-state index in [4.69, 9.17) is 0 Å². The van der Waals surface area contributed by atoms with Crippen LogP contribution in [0.5, 0.6) is 0 Å². The smallest absolute Gasteiger partial charge is 0.244 e. The Labute approximate surface area is 93.7 Å². The molecule has 16 heavy (non-hydrogen) atoms. The quantitative estimate of drug-likeness (QED) is 0.772. The maximum absolute atomic E-state index is 11.7. The van der Waals surface area contributed by atoms with Gasteiger partial charge in [0.2, 0.25) is 0 Å². The van der Waals surface area contributed by atoms with Crippen LogP contribution in [-0.4, -0.2) is 19.4 Å². The Kier molecular flexibility index (Phi) is 2.53. The van der Waals surface area contributed by atoms with Crippen LogP contribution < -0.4 is 5.69 Å². The van der Waals surface area contributed by atoms with Crippen molar-refractivity contribution in [2.45, 2.75) is 39.7 Å². The van der Waals surface area contributed by atoms with Gasteiger partial charge in [0, 0.05) is 0 Å². The molecule has 0 atom stereocenters. The average Bonchev–Trinajstić information content (AvgIpc) is 2.51. The molecule has 86 valence electrons. The molecule has 2 aromatic heterocycles. The molecule has 0 unspecified atom stereocenters. The Hall–Kier alpha value is -1.65. The lowest BCUT2D eigenvalue weighted by Crippen LogP contribution is -2.24. The van der Waals surface area contributed by atoms with Crippen molar-refractivity contribution in [3.63, 3.8) is 0 Å². The van der Waals surface area contributed by atoms with Gasteiger partial charge in [-0.05, 0) is 31.9 Å².